The highest BCUT2D eigenvalue weighted by Crippen LogP contribution is 2.31. The fourth-order valence-electron chi connectivity index (χ4n) is 2.88. The van der Waals surface area contributed by atoms with Crippen molar-refractivity contribution < 1.29 is 27.6 Å². The summed E-state index contributed by atoms with van der Waals surface area (Å²) in [6.45, 7) is 2.04. The summed E-state index contributed by atoms with van der Waals surface area (Å²) in [5.41, 5.74) is 1.94. The number of halogens is 3. The molecule has 0 unspecified atom stereocenters. The van der Waals surface area contributed by atoms with Gasteiger partial charge in [-0.2, -0.15) is 9.37 Å². The number of fused-ring (bicyclic) bond motifs is 1. The second-order valence-corrected chi connectivity index (χ2v) is 6.67. The van der Waals surface area contributed by atoms with Crippen LogP contribution in [0.3, 0.4) is 0 Å². The van der Waals surface area contributed by atoms with Crippen molar-refractivity contribution in [2.45, 2.75) is 13.5 Å². The smallest absolute Gasteiger partial charge is 0.295 e. The van der Waals surface area contributed by atoms with E-state index in [9.17, 15) is 23.1 Å². The van der Waals surface area contributed by atoms with E-state index in [1.165, 1.54) is 11.9 Å². The SMILES string of the molecule is Cc1ccc2nc(CN(C)C(=O)c3noc(-c4cc(F)c(F)c(O)c4F)n3)[nH]c2c1. The Labute approximate surface area is 167 Å². The van der Waals surface area contributed by atoms with Crippen LogP contribution >= 0.6 is 0 Å². The minimum absolute atomic E-state index is 0.0940. The summed E-state index contributed by atoms with van der Waals surface area (Å²) < 4.78 is 45.5. The van der Waals surface area contributed by atoms with Gasteiger partial charge in [0.05, 0.1) is 23.1 Å². The summed E-state index contributed by atoms with van der Waals surface area (Å²) >= 11 is 0. The maximum absolute atomic E-state index is 14.0. The Balaban J connectivity index is 1.56. The number of aryl methyl sites for hydroxylation is 1. The number of hydrogen-bond acceptors (Lipinski definition) is 6. The quantitative estimate of drug-likeness (QED) is 0.493. The third-order valence-electron chi connectivity index (χ3n) is 4.40. The van der Waals surface area contributed by atoms with Crippen molar-refractivity contribution in [1.82, 2.24) is 25.0 Å². The average Bonchev–Trinajstić information content (AvgIpc) is 3.35. The number of carbonyl (C=O) groups excluding carboxylic acids is 1. The minimum Gasteiger partial charge on any atom is -0.503 e. The van der Waals surface area contributed by atoms with Crippen molar-refractivity contribution in [3.63, 3.8) is 0 Å². The number of hydrogen-bond donors (Lipinski definition) is 2. The van der Waals surface area contributed by atoms with Crippen molar-refractivity contribution in [3.8, 4) is 17.2 Å². The van der Waals surface area contributed by atoms with E-state index in [1.54, 1.807) is 0 Å². The Bertz CT molecular complexity index is 1280. The first kappa shape index (κ1) is 19.4. The van der Waals surface area contributed by atoms with Gasteiger partial charge in [-0.1, -0.05) is 11.2 Å². The third kappa shape index (κ3) is 3.34. The predicted octanol–water partition coefficient (Wildman–Crippen LogP) is 3.32. The van der Waals surface area contributed by atoms with Crippen LogP contribution in [0.2, 0.25) is 0 Å². The highest BCUT2D eigenvalue weighted by atomic mass is 19.2. The van der Waals surface area contributed by atoms with E-state index >= 15 is 0 Å². The van der Waals surface area contributed by atoms with E-state index in [1.807, 2.05) is 25.1 Å². The molecule has 1 amide bonds. The summed E-state index contributed by atoms with van der Waals surface area (Å²) in [5, 5.41) is 12.8. The fourth-order valence-corrected chi connectivity index (χ4v) is 2.88. The van der Waals surface area contributed by atoms with Crippen molar-refractivity contribution in [1.29, 1.82) is 0 Å². The molecule has 2 aromatic heterocycles. The molecule has 0 aliphatic carbocycles. The van der Waals surface area contributed by atoms with Gasteiger partial charge < -0.3 is 19.5 Å². The summed E-state index contributed by atoms with van der Waals surface area (Å²) in [4.78, 5) is 25.0. The Morgan fingerprint density at radius 1 is 1.20 bits per heavy atom. The first-order valence-corrected chi connectivity index (χ1v) is 8.66. The molecule has 154 valence electrons. The highest BCUT2D eigenvalue weighted by molar-refractivity contribution is 5.90. The van der Waals surface area contributed by atoms with Gasteiger partial charge in [-0.15, -0.1) is 0 Å². The van der Waals surface area contributed by atoms with Crippen LogP contribution in [0.1, 0.15) is 22.0 Å². The molecular formula is C19H14F3N5O3. The van der Waals surface area contributed by atoms with E-state index in [2.05, 4.69) is 20.1 Å². The first-order valence-electron chi connectivity index (χ1n) is 8.66. The van der Waals surface area contributed by atoms with Crippen molar-refractivity contribution in [2.75, 3.05) is 7.05 Å². The molecule has 0 saturated heterocycles. The molecule has 4 aromatic rings. The summed E-state index contributed by atoms with van der Waals surface area (Å²) in [5.74, 6) is -7.42. The lowest BCUT2D eigenvalue weighted by atomic mass is 10.2. The van der Waals surface area contributed by atoms with Crippen LogP contribution in [-0.4, -0.2) is 43.1 Å². The van der Waals surface area contributed by atoms with Crippen molar-refractivity contribution >= 4 is 16.9 Å². The number of phenolic OH excluding ortho intramolecular Hbond substituents is 1. The van der Waals surface area contributed by atoms with Crippen LogP contribution in [0.4, 0.5) is 13.2 Å². The van der Waals surface area contributed by atoms with Crippen molar-refractivity contribution in [3.05, 3.63) is 58.9 Å². The molecule has 0 atom stereocenters. The number of aromatic hydroxyl groups is 1. The third-order valence-corrected chi connectivity index (χ3v) is 4.40. The molecule has 0 aliphatic heterocycles. The van der Waals surface area contributed by atoms with Crippen LogP contribution in [-0.2, 0) is 6.54 Å². The Hall–Kier alpha value is -3.89. The number of rotatable bonds is 4. The van der Waals surface area contributed by atoms with E-state index < -0.39 is 46.4 Å². The molecule has 2 heterocycles. The van der Waals surface area contributed by atoms with Crippen molar-refractivity contribution in [2.24, 2.45) is 0 Å². The molecule has 0 bridgehead atoms. The van der Waals surface area contributed by atoms with Gasteiger partial charge in [0.15, 0.2) is 17.4 Å². The molecule has 0 aliphatic rings. The van der Waals surface area contributed by atoms with Crippen LogP contribution < -0.4 is 0 Å². The van der Waals surface area contributed by atoms with Gasteiger partial charge in [-0.3, -0.25) is 4.79 Å². The molecule has 11 heteroatoms. The first-order chi connectivity index (χ1) is 14.2. The maximum Gasteiger partial charge on any atom is 0.295 e. The molecule has 4 rings (SSSR count). The fraction of sp³-hybridized carbons (Fsp3) is 0.158. The molecule has 0 spiro atoms. The number of nitrogens with zero attached hydrogens (tertiary/aromatic N) is 4. The van der Waals surface area contributed by atoms with E-state index in [0.717, 1.165) is 16.6 Å². The van der Waals surface area contributed by atoms with E-state index in [4.69, 9.17) is 4.52 Å². The number of benzene rings is 2. The largest absolute Gasteiger partial charge is 0.503 e. The number of H-pyrrole nitrogens is 1. The zero-order chi connectivity index (χ0) is 21.6. The van der Waals surface area contributed by atoms with Crippen LogP contribution in [0.25, 0.3) is 22.5 Å². The van der Waals surface area contributed by atoms with Gasteiger partial charge in [-0.05, 0) is 30.7 Å². The molecule has 0 saturated carbocycles. The van der Waals surface area contributed by atoms with E-state index in [-0.39, 0.29) is 6.54 Å². The molecule has 30 heavy (non-hydrogen) atoms. The molecular weight excluding hydrogens is 403 g/mol. The minimum atomic E-state index is -1.74. The number of aromatic nitrogens is 4. The maximum atomic E-state index is 14.0. The Morgan fingerprint density at radius 3 is 2.73 bits per heavy atom. The number of amides is 1. The number of carbonyl (C=O) groups is 1. The lowest BCUT2D eigenvalue weighted by Crippen LogP contribution is -2.27. The zero-order valence-electron chi connectivity index (χ0n) is 15.7. The molecule has 0 radical (unpaired) electrons. The Morgan fingerprint density at radius 2 is 1.97 bits per heavy atom. The number of phenols is 1. The van der Waals surface area contributed by atoms with E-state index in [0.29, 0.717) is 11.9 Å². The highest BCUT2D eigenvalue weighted by Gasteiger charge is 2.25. The van der Waals surface area contributed by atoms with Crippen LogP contribution in [0.5, 0.6) is 5.75 Å². The topological polar surface area (TPSA) is 108 Å². The number of nitrogens with one attached hydrogen (secondary N) is 1. The average molecular weight is 417 g/mol. The van der Waals surface area contributed by atoms with Gasteiger partial charge in [0.2, 0.25) is 5.82 Å². The number of imidazole rings is 1. The summed E-state index contributed by atoms with van der Waals surface area (Å²) in [6, 6.07) is 6.14. The van der Waals surface area contributed by atoms with Crippen LogP contribution in [0, 0.1) is 24.4 Å². The molecule has 2 aromatic carbocycles. The molecule has 8 nitrogen and oxygen atoms in total. The second-order valence-electron chi connectivity index (χ2n) is 6.67. The lowest BCUT2D eigenvalue weighted by molar-refractivity contribution is 0.0766. The zero-order valence-corrected chi connectivity index (χ0v) is 15.7. The normalized spacial score (nSPS) is 11.2. The second kappa shape index (κ2) is 7.17. The lowest BCUT2D eigenvalue weighted by Gasteiger charge is -2.12. The van der Waals surface area contributed by atoms with Gasteiger partial charge >= 0.3 is 0 Å². The standard InChI is InChI=1S/C19H14F3N5O3/c1-8-3-4-11-12(5-8)24-13(23-11)7-27(2)19(29)17-25-18(30-26-17)9-6-10(20)15(22)16(28)14(9)21/h3-6,28H,7H2,1-2H3,(H,23,24). The summed E-state index contributed by atoms with van der Waals surface area (Å²) in [6.07, 6.45) is 0. The summed E-state index contributed by atoms with van der Waals surface area (Å²) in [7, 11) is 1.47. The predicted molar refractivity (Wildman–Crippen MR) is 97.9 cm³/mol. The molecule has 0 fully saturated rings. The molecule has 2 N–H and O–H groups in total. The van der Waals surface area contributed by atoms with Gasteiger partial charge in [-0.25, -0.2) is 13.8 Å². The van der Waals surface area contributed by atoms with Gasteiger partial charge in [0.1, 0.15) is 5.82 Å². The Kier molecular flexibility index (Phi) is 4.65. The van der Waals surface area contributed by atoms with Crippen LogP contribution in [0.15, 0.2) is 28.8 Å². The van der Waals surface area contributed by atoms with Gasteiger partial charge in [0, 0.05) is 7.05 Å². The van der Waals surface area contributed by atoms with Gasteiger partial charge in [0.25, 0.3) is 17.6 Å². The number of aromatic amines is 1. The monoisotopic (exact) mass is 417 g/mol.